The smallest absolute Gasteiger partial charge is 0.322 e. The molecule has 6 heteroatoms. The van der Waals surface area contributed by atoms with E-state index < -0.39 is 0 Å². The summed E-state index contributed by atoms with van der Waals surface area (Å²) in [5, 5.41) is 5.04. The van der Waals surface area contributed by atoms with E-state index in [1.54, 1.807) is 16.2 Å². The average molecular weight is 478 g/mol. The third kappa shape index (κ3) is 7.19. The molecule has 3 amide bonds. The number of carbonyl (C=O) groups is 2. The second kappa shape index (κ2) is 11.8. The van der Waals surface area contributed by atoms with Crippen LogP contribution in [-0.2, 0) is 17.9 Å². The van der Waals surface area contributed by atoms with E-state index in [2.05, 4.69) is 37.5 Å². The molecule has 0 aliphatic heterocycles. The van der Waals surface area contributed by atoms with Crippen LogP contribution in [0, 0.1) is 26.7 Å². The number of aryl methyl sites for hydroxylation is 3. The van der Waals surface area contributed by atoms with Gasteiger partial charge in [0.25, 0.3) is 0 Å². The van der Waals surface area contributed by atoms with Gasteiger partial charge in [-0.25, -0.2) is 4.79 Å². The van der Waals surface area contributed by atoms with E-state index >= 15 is 0 Å². The lowest BCUT2D eigenvalue weighted by atomic mass is 10.1. The zero-order valence-electron chi connectivity index (χ0n) is 20.8. The van der Waals surface area contributed by atoms with Crippen LogP contribution in [0.5, 0.6) is 0 Å². The number of benzene rings is 2. The van der Waals surface area contributed by atoms with Gasteiger partial charge in [0.2, 0.25) is 5.91 Å². The Kier molecular flexibility index (Phi) is 8.88. The van der Waals surface area contributed by atoms with Gasteiger partial charge in [-0.3, -0.25) is 4.79 Å². The molecule has 0 aliphatic carbocycles. The number of nitrogens with one attached hydrogen (secondary N) is 1. The maximum absolute atomic E-state index is 13.5. The van der Waals surface area contributed by atoms with Gasteiger partial charge in [-0.2, -0.15) is 0 Å². The van der Waals surface area contributed by atoms with Gasteiger partial charge in [0, 0.05) is 23.7 Å². The third-order valence-electron chi connectivity index (χ3n) is 5.83. The molecule has 0 spiro atoms. The number of urea groups is 1. The molecule has 5 nitrogen and oxygen atoms in total. The van der Waals surface area contributed by atoms with Crippen molar-refractivity contribution in [3.05, 3.63) is 87.1 Å². The summed E-state index contributed by atoms with van der Waals surface area (Å²) < 4.78 is 0. The Morgan fingerprint density at radius 3 is 2.24 bits per heavy atom. The summed E-state index contributed by atoms with van der Waals surface area (Å²) in [6.07, 6.45) is 0. The van der Waals surface area contributed by atoms with Gasteiger partial charge >= 0.3 is 6.03 Å². The lowest BCUT2D eigenvalue weighted by molar-refractivity contribution is -0.133. The first-order valence-electron chi connectivity index (χ1n) is 11.7. The molecular weight excluding hydrogens is 442 g/mol. The molecule has 0 saturated carbocycles. The molecule has 0 atom stereocenters. The maximum Gasteiger partial charge on any atom is 0.322 e. The summed E-state index contributed by atoms with van der Waals surface area (Å²) >= 11 is 1.66. The minimum atomic E-state index is -0.253. The molecule has 0 unspecified atom stereocenters. The quantitative estimate of drug-likeness (QED) is 0.388. The van der Waals surface area contributed by atoms with Crippen LogP contribution in [-0.4, -0.2) is 34.8 Å². The van der Waals surface area contributed by atoms with Crippen LogP contribution in [0.1, 0.15) is 41.0 Å². The largest absolute Gasteiger partial charge is 0.332 e. The third-order valence-corrected chi connectivity index (χ3v) is 6.84. The van der Waals surface area contributed by atoms with E-state index in [1.807, 2.05) is 67.3 Å². The van der Waals surface area contributed by atoms with Crippen molar-refractivity contribution in [2.24, 2.45) is 5.92 Å². The number of rotatable bonds is 9. The second-order valence-electron chi connectivity index (χ2n) is 9.27. The van der Waals surface area contributed by atoms with E-state index in [1.165, 1.54) is 16.0 Å². The number of anilines is 1. The van der Waals surface area contributed by atoms with Gasteiger partial charge in [-0.15, -0.1) is 11.3 Å². The van der Waals surface area contributed by atoms with Crippen LogP contribution < -0.4 is 5.32 Å². The molecule has 1 heterocycles. The summed E-state index contributed by atoms with van der Waals surface area (Å²) in [6.45, 7) is 11.8. The van der Waals surface area contributed by atoms with Crippen molar-refractivity contribution in [3.63, 3.8) is 0 Å². The Bertz CT molecular complexity index is 1110. The highest BCUT2D eigenvalue weighted by Crippen LogP contribution is 2.20. The fraction of sp³-hybridized carbons (Fsp3) is 0.357. The lowest BCUT2D eigenvalue weighted by Gasteiger charge is -2.29. The van der Waals surface area contributed by atoms with E-state index in [4.69, 9.17) is 0 Å². The van der Waals surface area contributed by atoms with Crippen molar-refractivity contribution in [2.45, 2.75) is 47.7 Å². The molecule has 1 aromatic heterocycles. The molecule has 3 aromatic rings. The molecule has 0 aliphatic rings. The van der Waals surface area contributed by atoms with Crippen molar-refractivity contribution < 1.29 is 9.59 Å². The Labute approximate surface area is 207 Å². The number of amides is 3. The Balaban J connectivity index is 1.78. The standard InChI is InChI=1S/C28H35N3O2S/c1-20(2)16-31(28(33)29-25-12-11-21(3)23(5)15-25)19-27(32)30(17-24-9-7-6-8-10-24)18-26-22(4)13-14-34-26/h6-15,20H,16-19H2,1-5H3,(H,29,33). The summed E-state index contributed by atoms with van der Waals surface area (Å²) in [6, 6.07) is 17.7. The van der Waals surface area contributed by atoms with Gasteiger partial charge < -0.3 is 15.1 Å². The molecule has 0 bridgehead atoms. The number of hydrogen-bond acceptors (Lipinski definition) is 3. The van der Waals surface area contributed by atoms with E-state index in [9.17, 15) is 9.59 Å². The topological polar surface area (TPSA) is 52.7 Å². The average Bonchev–Trinajstić information content (AvgIpc) is 3.20. The minimum Gasteiger partial charge on any atom is -0.332 e. The first-order chi connectivity index (χ1) is 16.2. The van der Waals surface area contributed by atoms with Crippen LogP contribution >= 0.6 is 11.3 Å². The highest BCUT2D eigenvalue weighted by atomic mass is 32.1. The lowest BCUT2D eigenvalue weighted by Crippen LogP contribution is -2.45. The van der Waals surface area contributed by atoms with E-state index in [-0.39, 0.29) is 24.4 Å². The minimum absolute atomic E-state index is 0.0338. The van der Waals surface area contributed by atoms with Gasteiger partial charge in [0.05, 0.1) is 6.54 Å². The SMILES string of the molecule is Cc1ccc(NC(=O)N(CC(=O)N(Cc2ccccc2)Cc2sccc2C)CC(C)C)cc1C. The fourth-order valence-corrected chi connectivity index (χ4v) is 4.64. The summed E-state index contributed by atoms with van der Waals surface area (Å²) in [5.41, 5.74) is 5.28. The molecule has 2 aromatic carbocycles. The van der Waals surface area contributed by atoms with Crippen molar-refractivity contribution in [1.29, 1.82) is 0 Å². The van der Waals surface area contributed by atoms with Crippen molar-refractivity contribution in [2.75, 3.05) is 18.4 Å². The first-order valence-corrected chi connectivity index (χ1v) is 12.6. The molecule has 180 valence electrons. The molecular formula is C28H35N3O2S. The van der Waals surface area contributed by atoms with E-state index in [0.717, 1.165) is 16.8 Å². The highest BCUT2D eigenvalue weighted by Gasteiger charge is 2.23. The van der Waals surface area contributed by atoms with Crippen LogP contribution in [0.4, 0.5) is 10.5 Å². The molecule has 0 radical (unpaired) electrons. The summed E-state index contributed by atoms with van der Waals surface area (Å²) in [5.74, 6) is 0.174. The summed E-state index contributed by atoms with van der Waals surface area (Å²) in [4.78, 5) is 31.4. The number of nitrogens with zero attached hydrogens (tertiary/aromatic N) is 2. The van der Waals surface area contributed by atoms with Crippen molar-refractivity contribution in [1.82, 2.24) is 9.80 Å². The van der Waals surface area contributed by atoms with Gasteiger partial charge in [0.15, 0.2) is 0 Å². The Morgan fingerprint density at radius 1 is 0.882 bits per heavy atom. The van der Waals surface area contributed by atoms with Crippen LogP contribution in [0.15, 0.2) is 60.0 Å². The maximum atomic E-state index is 13.5. The van der Waals surface area contributed by atoms with Gasteiger partial charge in [-0.1, -0.05) is 50.2 Å². The second-order valence-corrected chi connectivity index (χ2v) is 10.3. The van der Waals surface area contributed by atoms with Crippen LogP contribution in [0.3, 0.4) is 0 Å². The number of hydrogen-bond donors (Lipinski definition) is 1. The van der Waals surface area contributed by atoms with Crippen molar-refractivity contribution >= 4 is 29.0 Å². The van der Waals surface area contributed by atoms with E-state index in [0.29, 0.717) is 19.6 Å². The molecule has 1 N–H and O–H groups in total. The molecule has 0 fully saturated rings. The number of thiophene rings is 1. The highest BCUT2D eigenvalue weighted by molar-refractivity contribution is 7.10. The Hall–Kier alpha value is -3.12. The fourth-order valence-electron chi connectivity index (χ4n) is 3.72. The monoisotopic (exact) mass is 477 g/mol. The van der Waals surface area contributed by atoms with Gasteiger partial charge in [-0.05, 0) is 72.5 Å². The Morgan fingerprint density at radius 2 is 1.62 bits per heavy atom. The van der Waals surface area contributed by atoms with Crippen molar-refractivity contribution in [3.8, 4) is 0 Å². The molecule has 34 heavy (non-hydrogen) atoms. The zero-order valence-corrected chi connectivity index (χ0v) is 21.6. The summed E-state index contributed by atoms with van der Waals surface area (Å²) in [7, 11) is 0. The molecule has 0 saturated heterocycles. The van der Waals surface area contributed by atoms with Crippen LogP contribution in [0.25, 0.3) is 0 Å². The normalized spacial score (nSPS) is 10.9. The number of carbonyl (C=O) groups excluding carboxylic acids is 2. The predicted molar refractivity (Wildman–Crippen MR) is 141 cm³/mol. The van der Waals surface area contributed by atoms with Crippen LogP contribution in [0.2, 0.25) is 0 Å². The predicted octanol–water partition coefficient (Wildman–Crippen LogP) is 6.39. The van der Waals surface area contributed by atoms with Gasteiger partial charge in [0.1, 0.15) is 6.54 Å². The first kappa shape index (κ1) is 25.5. The molecule has 3 rings (SSSR count). The zero-order chi connectivity index (χ0) is 24.7.